The number of hydrogen-bond donors (Lipinski definition) is 0. The summed E-state index contributed by atoms with van der Waals surface area (Å²) in [5.41, 5.74) is 2.07. The lowest BCUT2D eigenvalue weighted by molar-refractivity contribution is 0.178. The van der Waals surface area contributed by atoms with Gasteiger partial charge in [0.1, 0.15) is 17.4 Å². The van der Waals surface area contributed by atoms with Crippen LogP contribution in [0.2, 0.25) is 0 Å². The van der Waals surface area contributed by atoms with E-state index in [1.165, 1.54) is 31.2 Å². The Labute approximate surface area is 216 Å². The second-order valence-corrected chi connectivity index (χ2v) is 7.92. The molecule has 2 nitrogen and oxygen atoms in total. The van der Waals surface area contributed by atoms with Crippen molar-refractivity contribution in [3.63, 3.8) is 0 Å². The predicted molar refractivity (Wildman–Crippen MR) is 142 cm³/mol. The Hall–Kier alpha value is -3.48. The molecule has 0 amide bonds. The number of hydrogen-bond acceptors (Lipinski definition) is 2. The average Bonchev–Trinajstić information content (AvgIpc) is 3.33. The van der Waals surface area contributed by atoms with Crippen LogP contribution in [0.25, 0.3) is 0 Å². The molecule has 0 aliphatic carbocycles. The lowest BCUT2D eigenvalue weighted by Gasteiger charge is -2.06. The molecule has 0 spiro atoms. The maximum atomic E-state index is 14.1. The van der Waals surface area contributed by atoms with Crippen molar-refractivity contribution in [2.24, 2.45) is 4.99 Å². The SMILES string of the molecule is C=C.CC\C=C/C(=C\C=C(/C)OC(F)=C(F)F)C(/C=C\CC1CCC(c2c(F)cccc2F)=N1)=C/CC. The van der Waals surface area contributed by atoms with Crippen LogP contribution in [0.5, 0.6) is 0 Å². The minimum absolute atomic E-state index is 0.0225. The highest BCUT2D eigenvalue weighted by Crippen LogP contribution is 2.25. The topological polar surface area (TPSA) is 21.6 Å². The highest BCUT2D eigenvalue weighted by molar-refractivity contribution is 6.02. The van der Waals surface area contributed by atoms with Gasteiger partial charge in [-0.2, -0.15) is 13.2 Å². The van der Waals surface area contributed by atoms with Gasteiger partial charge in [0.25, 0.3) is 0 Å². The van der Waals surface area contributed by atoms with Crippen LogP contribution in [0, 0.1) is 11.6 Å². The van der Waals surface area contributed by atoms with Crippen LogP contribution in [-0.4, -0.2) is 11.8 Å². The molecule has 1 aromatic carbocycles. The number of nitrogens with zero attached hydrogens (tertiary/aromatic N) is 1. The summed E-state index contributed by atoms with van der Waals surface area (Å²) in [6.07, 6.45) is 13.6. The van der Waals surface area contributed by atoms with E-state index in [4.69, 9.17) is 0 Å². The second-order valence-electron chi connectivity index (χ2n) is 7.92. The van der Waals surface area contributed by atoms with Crippen molar-refractivity contribution in [1.82, 2.24) is 0 Å². The first-order valence-electron chi connectivity index (χ1n) is 12.1. The molecule has 1 atom stereocenters. The van der Waals surface area contributed by atoms with E-state index in [-0.39, 0.29) is 17.4 Å². The fraction of sp³-hybridized carbons (Fsp3) is 0.300. The van der Waals surface area contributed by atoms with Gasteiger partial charge >= 0.3 is 12.1 Å². The minimum atomic E-state index is -2.52. The first kappa shape index (κ1) is 31.5. The Morgan fingerprint density at radius 1 is 1.00 bits per heavy atom. The third-order valence-corrected chi connectivity index (χ3v) is 5.20. The highest BCUT2D eigenvalue weighted by Gasteiger charge is 2.22. The van der Waals surface area contributed by atoms with Gasteiger partial charge < -0.3 is 4.74 Å². The summed E-state index contributed by atoms with van der Waals surface area (Å²) in [5, 5.41) is 0. The molecule has 37 heavy (non-hydrogen) atoms. The van der Waals surface area contributed by atoms with Gasteiger partial charge in [-0.3, -0.25) is 4.99 Å². The summed E-state index contributed by atoms with van der Waals surface area (Å²) in [5.74, 6) is -1.24. The van der Waals surface area contributed by atoms with Gasteiger partial charge in [0.2, 0.25) is 0 Å². The molecular formula is C30H34F5NO. The Balaban J connectivity index is 0.00000334. The van der Waals surface area contributed by atoms with Crippen LogP contribution in [0.15, 0.2) is 108 Å². The summed E-state index contributed by atoms with van der Waals surface area (Å²) in [4.78, 5) is 4.53. The molecule has 0 N–H and O–H groups in total. The Morgan fingerprint density at radius 2 is 1.65 bits per heavy atom. The Bertz CT molecular complexity index is 1080. The molecule has 1 aliphatic rings. The summed E-state index contributed by atoms with van der Waals surface area (Å²) in [6.45, 7) is 11.4. The molecule has 1 unspecified atom stereocenters. The van der Waals surface area contributed by atoms with Gasteiger partial charge in [-0.15, -0.1) is 13.2 Å². The fourth-order valence-corrected chi connectivity index (χ4v) is 3.55. The van der Waals surface area contributed by atoms with E-state index in [1.54, 1.807) is 6.08 Å². The summed E-state index contributed by atoms with van der Waals surface area (Å²) in [6, 6.07) is 1.79. The third kappa shape index (κ3) is 10.6. The maximum Gasteiger partial charge on any atom is 0.344 e. The van der Waals surface area contributed by atoms with Crippen molar-refractivity contribution in [3.8, 4) is 0 Å². The standard InChI is InChI=1S/C28H30F5NO.C2H4/c1-4-6-10-21(16-15-19(3)35-28(33)27(31)32)20(9-5-2)11-7-12-22-17-18-25(34-22)26-23(29)13-8-14-24(26)30;1-2/h6-11,13-16,22H,4-5,12,17-18H2,1-3H3;1-2H2/b10-6-,11-7-,19-15+,20-9+,21-16+;. The summed E-state index contributed by atoms with van der Waals surface area (Å²) >= 11 is 0. The molecule has 1 aliphatic heterocycles. The van der Waals surface area contributed by atoms with Crippen molar-refractivity contribution in [3.05, 3.63) is 120 Å². The number of rotatable bonds is 11. The zero-order chi connectivity index (χ0) is 27.8. The van der Waals surface area contributed by atoms with Gasteiger partial charge in [-0.05, 0) is 68.4 Å². The first-order chi connectivity index (χ1) is 17.8. The molecule has 0 saturated carbocycles. The number of allylic oxidation sites excluding steroid dienone is 9. The molecule has 1 aromatic rings. The Kier molecular flexibility index (Phi) is 14.5. The summed E-state index contributed by atoms with van der Waals surface area (Å²) in [7, 11) is 0. The quantitative estimate of drug-likeness (QED) is 0.123. The van der Waals surface area contributed by atoms with E-state index in [2.05, 4.69) is 22.9 Å². The minimum Gasteiger partial charge on any atom is -0.433 e. The van der Waals surface area contributed by atoms with E-state index >= 15 is 0 Å². The lowest BCUT2D eigenvalue weighted by atomic mass is 10.0. The van der Waals surface area contributed by atoms with E-state index in [0.29, 0.717) is 25.0 Å². The molecule has 0 bridgehead atoms. The number of benzene rings is 1. The molecule has 0 aromatic heterocycles. The van der Waals surface area contributed by atoms with Crippen molar-refractivity contribution in [1.29, 1.82) is 0 Å². The van der Waals surface area contributed by atoms with Gasteiger partial charge in [0, 0.05) is 5.71 Å². The van der Waals surface area contributed by atoms with Crippen LogP contribution in [0.1, 0.15) is 58.4 Å². The molecule has 7 heteroatoms. The fourth-order valence-electron chi connectivity index (χ4n) is 3.55. The zero-order valence-electron chi connectivity index (χ0n) is 21.5. The molecule has 0 radical (unpaired) electrons. The number of halogens is 5. The van der Waals surface area contributed by atoms with Gasteiger partial charge in [0.15, 0.2) is 0 Å². The largest absolute Gasteiger partial charge is 0.433 e. The van der Waals surface area contributed by atoms with Crippen molar-refractivity contribution >= 4 is 5.71 Å². The molecule has 2 rings (SSSR count). The first-order valence-corrected chi connectivity index (χ1v) is 12.1. The molecule has 0 saturated heterocycles. The van der Waals surface area contributed by atoms with Crippen molar-refractivity contribution in [2.75, 3.05) is 0 Å². The zero-order valence-corrected chi connectivity index (χ0v) is 21.5. The molecule has 0 fully saturated rings. The normalized spacial score (nSPS) is 16.6. The maximum absolute atomic E-state index is 14.1. The number of ether oxygens (including phenoxy) is 1. The third-order valence-electron chi connectivity index (χ3n) is 5.20. The van der Waals surface area contributed by atoms with Crippen LogP contribution >= 0.6 is 0 Å². The average molecular weight is 520 g/mol. The second kappa shape index (κ2) is 17.1. The van der Waals surface area contributed by atoms with Crippen LogP contribution in [-0.2, 0) is 4.74 Å². The molecule has 200 valence electrons. The lowest BCUT2D eigenvalue weighted by Crippen LogP contribution is -2.03. The van der Waals surface area contributed by atoms with Crippen molar-refractivity contribution in [2.45, 2.75) is 58.9 Å². The molecule has 1 heterocycles. The van der Waals surface area contributed by atoms with Gasteiger partial charge in [0.05, 0.1) is 11.6 Å². The van der Waals surface area contributed by atoms with Crippen LogP contribution < -0.4 is 0 Å². The van der Waals surface area contributed by atoms with Gasteiger partial charge in [-0.25, -0.2) is 8.78 Å². The highest BCUT2D eigenvalue weighted by atomic mass is 19.3. The van der Waals surface area contributed by atoms with Crippen LogP contribution in [0.3, 0.4) is 0 Å². The Morgan fingerprint density at radius 3 is 2.24 bits per heavy atom. The van der Waals surface area contributed by atoms with E-state index in [9.17, 15) is 22.0 Å². The van der Waals surface area contributed by atoms with Gasteiger partial charge in [-0.1, -0.05) is 56.4 Å². The monoisotopic (exact) mass is 519 g/mol. The molecular weight excluding hydrogens is 485 g/mol. The van der Waals surface area contributed by atoms with Crippen LogP contribution in [0.4, 0.5) is 22.0 Å². The number of aliphatic imine (C=N–C) groups is 1. The summed E-state index contributed by atoms with van der Waals surface area (Å²) < 4.78 is 70.2. The van der Waals surface area contributed by atoms with E-state index in [0.717, 1.165) is 24.0 Å². The smallest absolute Gasteiger partial charge is 0.344 e. The predicted octanol–water partition coefficient (Wildman–Crippen LogP) is 9.85. The van der Waals surface area contributed by atoms with Crippen molar-refractivity contribution < 1.29 is 26.7 Å². The van der Waals surface area contributed by atoms with E-state index < -0.39 is 23.7 Å². The van der Waals surface area contributed by atoms with E-state index in [1.807, 2.05) is 44.2 Å².